The Kier molecular flexibility index (Phi) is 2.59. The van der Waals surface area contributed by atoms with Crippen molar-refractivity contribution >= 4 is 11.8 Å². The number of hydrogen-bond donors (Lipinski definition) is 1. The van der Waals surface area contributed by atoms with Crippen molar-refractivity contribution in [3.05, 3.63) is 0 Å². The molecule has 0 aromatic rings. The molecule has 1 atom stereocenters. The maximum absolute atomic E-state index is 10.8. The van der Waals surface area contributed by atoms with Crippen molar-refractivity contribution in [1.82, 2.24) is 5.32 Å². The fourth-order valence-electron chi connectivity index (χ4n) is 0.965. The highest BCUT2D eigenvalue weighted by molar-refractivity contribution is 5.79. The van der Waals surface area contributed by atoms with Gasteiger partial charge in [-0.05, 0) is 13.3 Å². The number of hydrogen-bond acceptors (Lipinski definition) is 4. The molecule has 0 aromatic carbocycles. The van der Waals surface area contributed by atoms with E-state index in [0.29, 0.717) is 12.8 Å². The molecule has 11 heavy (non-hydrogen) atoms. The van der Waals surface area contributed by atoms with Crippen LogP contribution >= 0.6 is 0 Å². The molecule has 1 saturated heterocycles. The van der Waals surface area contributed by atoms with Gasteiger partial charge < -0.3 is 9.53 Å². The molecular formula is C7H11NO3. The van der Waals surface area contributed by atoms with Crippen molar-refractivity contribution in [1.29, 1.82) is 0 Å². The molecule has 0 bridgehead atoms. The second kappa shape index (κ2) is 3.48. The first-order valence-electron chi connectivity index (χ1n) is 3.59. The van der Waals surface area contributed by atoms with E-state index in [1.807, 2.05) is 0 Å². The molecular weight excluding hydrogens is 146 g/mol. The van der Waals surface area contributed by atoms with E-state index in [4.69, 9.17) is 0 Å². The molecule has 4 heteroatoms. The van der Waals surface area contributed by atoms with Crippen LogP contribution in [0.5, 0.6) is 0 Å². The smallest absolute Gasteiger partial charge is 0.324 e. The quantitative estimate of drug-likeness (QED) is 0.578. The molecule has 0 saturated carbocycles. The number of Topliss-reactive ketones (excluding diaryl/α,β-unsaturated/α-hetero) is 1. The number of esters is 1. The molecule has 0 amide bonds. The molecule has 0 aromatic heterocycles. The lowest BCUT2D eigenvalue weighted by atomic mass is 10.1. The number of carbonyl (C=O) groups excluding carboxylic acids is 2. The van der Waals surface area contributed by atoms with Gasteiger partial charge in [-0.3, -0.25) is 10.1 Å². The van der Waals surface area contributed by atoms with Gasteiger partial charge in [-0.25, -0.2) is 0 Å². The van der Waals surface area contributed by atoms with Gasteiger partial charge in [0, 0.05) is 6.42 Å². The average Bonchev–Trinajstić information content (AvgIpc) is 2.31. The van der Waals surface area contributed by atoms with Crippen LogP contribution in [0.3, 0.4) is 0 Å². The van der Waals surface area contributed by atoms with Crippen molar-refractivity contribution in [2.45, 2.75) is 25.8 Å². The minimum absolute atomic E-state index is 0.103. The van der Waals surface area contributed by atoms with Gasteiger partial charge in [-0.1, -0.05) is 0 Å². The molecule has 1 unspecified atom stereocenters. The van der Waals surface area contributed by atoms with Crippen LogP contribution < -0.4 is 5.32 Å². The van der Waals surface area contributed by atoms with E-state index >= 15 is 0 Å². The first-order valence-corrected chi connectivity index (χ1v) is 3.59. The van der Waals surface area contributed by atoms with Crippen LogP contribution in [-0.2, 0) is 14.3 Å². The van der Waals surface area contributed by atoms with Gasteiger partial charge >= 0.3 is 5.97 Å². The summed E-state index contributed by atoms with van der Waals surface area (Å²) < 4.78 is 4.64. The third-order valence-electron chi connectivity index (χ3n) is 1.61. The predicted octanol–water partition coefficient (Wildman–Crippen LogP) is -0.172. The van der Waals surface area contributed by atoms with Crippen LogP contribution in [0.1, 0.15) is 19.8 Å². The van der Waals surface area contributed by atoms with Crippen molar-refractivity contribution in [2.24, 2.45) is 0 Å². The topological polar surface area (TPSA) is 55.4 Å². The van der Waals surface area contributed by atoms with Crippen LogP contribution in [0, 0.1) is 0 Å². The molecule has 0 spiro atoms. The van der Waals surface area contributed by atoms with E-state index in [0.717, 1.165) is 0 Å². The zero-order chi connectivity index (χ0) is 8.27. The highest BCUT2D eigenvalue weighted by atomic mass is 16.6. The van der Waals surface area contributed by atoms with Gasteiger partial charge in [0.1, 0.15) is 18.6 Å². The Morgan fingerprint density at radius 3 is 3.00 bits per heavy atom. The monoisotopic (exact) mass is 157 g/mol. The summed E-state index contributed by atoms with van der Waals surface area (Å²) in [5.74, 6) is -0.141. The second-order valence-corrected chi connectivity index (χ2v) is 2.61. The summed E-state index contributed by atoms with van der Waals surface area (Å²) >= 11 is 0. The van der Waals surface area contributed by atoms with Crippen molar-refractivity contribution in [2.75, 3.05) is 6.73 Å². The number of rotatable bonds is 3. The largest absolute Gasteiger partial charge is 0.449 e. The number of cyclic esters (lactones) is 1. The second-order valence-electron chi connectivity index (χ2n) is 2.61. The Hall–Kier alpha value is -0.900. The highest BCUT2D eigenvalue weighted by Gasteiger charge is 2.25. The van der Waals surface area contributed by atoms with Crippen LogP contribution in [-0.4, -0.2) is 24.5 Å². The van der Waals surface area contributed by atoms with Crippen molar-refractivity contribution < 1.29 is 14.3 Å². The van der Waals surface area contributed by atoms with E-state index in [9.17, 15) is 9.59 Å². The van der Waals surface area contributed by atoms with Crippen molar-refractivity contribution in [3.8, 4) is 0 Å². The first kappa shape index (κ1) is 8.20. The lowest BCUT2D eigenvalue weighted by Gasteiger charge is -2.01. The van der Waals surface area contributed by atoms with Crippen LogP contribution in [0.4, 0.5) is 0 Å². The highest BCUT2D eigenvalue weighted by Crippen LogP contribution is 2.04. The van der Waals surface area contributed by atoms with Crippen molar-refractivity contribution in [3.63, 3.8) is 0 Å². The summed E-state index contributed by atoms with van der Waals surface area (Å²) in [6.45, 7) is 1.79. The summed E-state index contributed by atoms with van der Waals surface area (Å²) in [6.07, 6.45) is 0.987. The van der Waals surface area contributed by atoms with E-state index in [1.165, 1.54) is 6.92 Å². The van der Waals surface area contributed by atoms with Crippen LogP contribution in [0.15, 0.2) is 0 Å². The summed E-state index contributed by atoms with van der Waals surface area (Å²) in [4.78, 5) is 21.3. The van der Waals surface area contributed by atoms with Gasteiger partial charge in [-0.2, -0.15) is 0 Å². The molecule has 1 aliphatic heterocycles. The molecule has 1 fully saturated rings. The number of ether oxygens (including phenoxy) is 1. The van der Waals surface area contributed by atoms with Crippen LogP contribution in [0.25, 0.3) is 0 Å². The third-order valence-corrected chi connectivity index (χ3v) is 1.61. The Morgan fingerprint density at radius 2 is 2.55 bits per heavy atom. The summed E-state index contributed by atoms with van der Waals surface area (Å²) in [6, 6.07) is -0.265. The minimum Gasteiger partial charge on any atom is -0.449 e. The number of nitrogens with one attached hydrogen (secondary N) is 1. The van der Waals surface area contributed by atoms with Gasteiger partial charge in [0.05, 0.1) is 0 Å². The number of carbonyl (C=O) groups is 2. The standard InChI is InChI=1S/C7H11NO3/c1-5(9)2-3-6-7(10)11-4-8-6/h6,8H,2-4H2,1H3. The molecule has 1 aliphatic rings. The molecule has 62 valence electrons. The molecule has 1 rings (SSSR count). The first-order chi connectivity index (χ1) is 5.20. The van der Waals surface area contributed by atoms with E-state index in [-0.39, 0.29) is 24.5 Å². The summed E-state index contributed by atoms with van der Waals surface area (Å²) in [7, 11) is 0. The van der Waals surface area contributed by atoms with E-state index in [1.54, 1.807) is 0 Å². The van der Waals surface area contributed by atoms with Gasteiger partial charge in [-0.15, -0.1) is 0 Å². The Balaban J connectivity index is 2.26. The van der Waals surface area contributed by atoms with E-state index < -0.39 is 0 Å². The van der Waals surface area contributed by atoms with E-state index in [2.05, 4.69) is 10.1 Å². The zero-order valence-electron chi connectivity index (χ0n) is 6.42. The Bertz CT molecular complexity index is 179. The van der Waals surface area contributed by atoms with Crippen LogP contribution in [0.2, 0.25) is 0 Å². The maximum atomic E-state index is 10.8. The Morgan fingerprint density at radius 1 is 1.82 bits per heavy atom. The number of ketones is 1. The minimum atomic E-state index is -0.265. The lowest BCUT2D eigenvalue weighted by molar-refractivity contribution is -0.139. The van der Waals surface area contributed by atoms with Gasteiger partial charge in [0.2, 0.25) is 0 Å². The fraction of sp³-hybridized carbons (Fsp3) is 0.714. The molecule has 0 radical (unpaired) electrons. The van der Waals surface area contributed by atoms with Gasteiger partial charge in [0.15, 0.2) is 0 Å². The van der Waals surface area contributed by atoms with Gasteiger partial charge in [0.25, 0.3) is 0 Å². The summed E-state index contributed by atoms with van der Waals surface area (Å²) in [5.41, 5.74) is 0. The average molecular weight is 157 g/mol. The molecule has 0 aliphatic carbocycles. The SMILES string of the molecule is CC(=O)CCC1NCOC1=O. The molecule has 1 N–H and O–H groups in total. The fourth-order valence-corrected chi connectivity index (χ4v) is 0.965. The maximum Gasteiger partial charge on any atom is 0.324 e. The summed E-state index contributed by atoms with van der Waals surface area (Å²) in [5, 5.41) is 2.84. The third kappa shape index (κ3) is 2.31. The Labute approximate surface area is 64.9 Å². The zero-order valence-corrected chi connectivity index (χ0v) is 6.42. The lowest BCUT2D eigenvalue weighted by Crippen LogP contribution is -2.27. The predicted molar refractivity (Wildman–Crippen MR) is 37.8 cm³/mol. The molecule has 1 heterocycles. The normalized spacial score (nSPS) is 23.4. The molecule has 4 nitrogen and oxygen atoms in total.